The molecule has 0 amide bonds. The quantitative estimate of drug-likeness (QED) is 0.410. The molecule has 0 atom stereocenters. The second-order valence-corrected chi connectivity index (χ2v) is 6.06. The summed E-state index contributed by atoms with van der Waals surface area (Å²) in [6, 6.07) is 10.9. The van der Waals surface area contributed by atoms with E-state index in [1.165, 1.54) is 5.56 Å². The first-order valence-electron chi connectivity index (χ1n) is 8.03. The van der Waals surface area contributed by atoms with Crippen LogP contribution < -0.4 is 10.6 Å². The summed E-state index contributed by atoms with van der Waals surface area (Å²) in [5.74, 6) is 0.630. The second kappa shape index (κ2) is 8.50. The molecule has 2 N–H and O–H groups in total. The van der Waals surface area contributed by atoms with Gasteiger partial charge in [0.15, 0.2) is 5.96 Å². The third kappa shape index (κ3) is 4.72. The number of rotatable bonds is 6. The van der Waals surface area contributed by atoms with Crippen molar-refractivity contribution < 1.29 is 4.39 Å². The van der Waals surface area contributed by atoms with Crippen LogP contribution in [0.3, 0.4) is 0 Å². The van der Waals surface area contributed by atoms with Gasteiger partial charge in [0.2, 0.25) is 0 Å². The molecule has 130 valence electrons. The van der Waals surface area contributed by atoms with Crippen molar-refractivity contribution in [2.75, 3.05) is 20.1 Å². The lowest BCUT2D eigenvalue weighted by Crippen LogP contribution is -2.42. The third-order valence-electron chi connectivity index (χ3n) is 4.46. The van der Waals surface area contributed by atoms with Crippen LogP contribution in [0.25, 0.3) is 0 Å². The molecule has 1 aromatic carbocycles. The van der Waals surface area contributed by atoms with Gasteiger partial charge >= 0.3 is 0 Å². The number of hydrogen-bond acceptors (Lipinski definition) is 1. The number of benzene rings is 1. The average molecular weight is 442 g/mol. The Morgan fingerprint density at radius 3 is 2.42 bits per heavy atom. The Morgan fingerprint density at radius 2 is 1.83 bits per heavy atom. The highest BCUT2D eigenvalue weighted by atomic mass is 127. The molecule has 0 bridgehead atoms. The van der Waals surface area contributed by atoms with Gasteiger partial charge in [0.05, 0.1) is 0 Å². The maximum absolute atomic E-state index is 13.1. The number of hydrogen-bond donors (Lipinski definition) is 2. The predicted octanol–water partition coefficient (Wildman–Crippen LogP) is 3.14. The van der Waals surface area contributed by atoms with Crippen LogP contribution in [0.15, 0.2) is 53.8 Å². The second-order valence-electron chi connectivity index (χ2n) is 6.06. The zero-order valence-electron chi connectivity index (χ0n) is 13.8. The van der Waals surface area contributed by atoms with Crippen LogP contribution in [0.4, 0.5) is 4.39 Å². The Morgan fingerprint density at radius 1 is 1.17 bits per heavy atom. The Bertz CT molecular complexity index is 648. The van der Waals surface area contributed by atoms with E-state index in [4.69, 9.17) is 0 Å². The van der Waals surface area contributed by atoms with E-state index in [9.17, 15) is 4.39 Å². The summed E-state index contributed by atoms with van der Waals surface area (Å²) in [6.07, 6.45) is 6.36. The summed E-state index contributed by atoms with van der Waals surface area (Å²) in [7, 11) is 1.78. The van der Waals surface area contributed by atoms with Gasteiger partial charge in [0.1, 0.15) is 5.82 Å². The molecular formula is C18H24FIN4. The van der Waals surface area contributed by atoms with Gasteiger partial charge in [-0.25, -0.2) is 4.39 Å². The topological polar surface area (TPSA) is 41.4 Å². The molecule has 0 saturated heterocycles. The predicted molar refractivity (Wildman–Crippen MR) is 107 cm³/mol. The van der Waals surface area contributed by atoms with Crippen LogP contribution in [0.2, 0.25) is 0 Å². The lowest BCUT2D eigenvalue weighted by Gasteiger charge is -2.19. The molecule has 4 nitrogen and oxygen atoms in total. The Balaban J connectivity index is 0.00000208. The molecule has 2 aromatic rings. The van der Waals surface area contributed by atoms with Crippen LogP contribution in [0.1, 0.15) is 18.4 Å². The molecule has 3 rings (SSSR count). The SMILES string of the molecule is CN=C(NCCn1cccc1)NCC1(c2ccc(F)cc2)CC1.I. The fraction of sp³-hybridized carbons (Fsp3) is 0.389. The molecule has 0 radical (unpaired) electrons. The summed E-state index contributed by atoms with van der Waals surface area (Å²) in [4.78, 5) is 4.27. The van der Waals surface area contributed by atoms with Crippen molar-refractivity contribution in [2.45, 2.75) is 24.8 Å². The van der Waals surface area contributed by atoms with Gasteiger partial charge in [0.25, 0.3) is 0 Å². The maximum atomic E-state index is 13.1. The Kier molecular flexibility index (Phi) is 6.65. The van der Waals surface area contributed by atoms with E-state index in [-0.39, 0.29) is 35.2 Å². The zero-order chi connectivity index (χ0) is 16.1. The van der Waals surface area contributed by atoms with E-state index in [2.05, 4.69) is 20.2 Å². The summed E-state index contributed by atoms with van der Waals surface area (Å²) in [6.45, 7) is 2.54. The molecule has 1 aliphatic rings. The van der Waals surface area contributed by atoms with Gasteiger partial charge in [-0.3, -0.25) is 4.99 Å². The highest BCUT2D eigenvalue weighted by molar-refractivity contribution is 14.0. The Hall–Kier alpha value is -1.57. The summed E-state index contributed by atoms with van der Waals surface area (Å²) >= 11 is 0. The van der Waals surface area contributed by atoms with Gasteiger partial charge in [-0.05, 0) is 42.7 Å². The van der Waals surface area contributed by atoms with E-state index >= 15 is 0 Å². The summed E-state index contributed by atoms with van der Waals surface area (Å²) in [5.41, 5.74) is 1.33. The first kappa shape index (κ1) is 18.8. The fourth-order valence-electron chi connectivity index (χ4n) is 2.82. The minimum Gasteiger partial charge on any atom is -0.356 e. The largest absolute Gasteiger partial charge is 0.356 e. The van der Waals surface area contributed by atoms with Crippen LogP contribution in [0, 0.1) is 5.82 Å². The molecule has 0 spiro atoms. The molecule has 1 saturated carbocycles. The number of aliphatic imine (C=N–C) groups is 1. The molecule has 1 fully saturated rings. The van der Waals surface area contributed by atoms with E-state index < -0.39 is 0 Å². The van der Waals surface area contributed by atoms with Crippen molar-refractivity contribution in [2.24, 2.45) is 4.99 Å². The smallest absolute Gasteiger partial charge is 0.191 e. The Labute approximate surface area is 159 Å². The first-order valence-corrected chi connectivity index (χ1v) is 8.03. The number of guanidine groups is 1. The van der Waals surface area contributed by atoms with Crippen LogP contribution in [0.5, 0.6) is 0 Å². The third-order valence-corrected chi connectivity index (χ3v) is 4.46. The molecule has 1 aliphatic carbocycles. The minimum absolute atomic E-state index is 0. The minimum atomic E-state index is -0.181. The van der Waals surface area contributed by atoms with Gasteiger partial charge in [-0.1, -0.05) is 12.1 Å². The van der Waals surface area contributed by atoms with E-state index in [0.29, 0.717) is 0 Å². The number of nitrogens with zero attached hydrogens (tertiary/aromatic N) is 2. The van der Waals surface area contributed by atoms with Crippen LogP contribution >= 0.6 is 24.0 Å². The lowest BCUT2D eigenvalue weighted by molar-refractivity contribution is 0.614. The average Bonchev–Trinajstić information content (AvgIpc) is 3.18. The van der Waals surface area contributed by atoms with E-state index in [1.807, 2.05) is 36.7 Å². The van der Waals surface area contributed by atoms with Crippen molar-refractivity contribution in [3.63, 3.8) is 0 Å². The van der Waals surface area contributed by atoms with Crippen molar-refractivity contribution in [3.8, 4) is 0 Å². The highest BCUT2D eigenvalue weighted by Crippen LogP contribution is 2.47. The first-order chi connectivity index (χ1) is 11.2. The van der Waals surface area contributed by atoms with Gasteiger partial charge in [-0.15, -0.1) is 24.0 Å². The summed E-state index contributed by atoms with van der Waals surface area (Å²) < 4.78 is 15.2. The van der Waals surface area contributed by atoms with Crippen LogP contribution in [-0.2, 0) is 12.0 Å². The normalized spacial score (nSPS) is 15.5. The molecule has 0 unspecified atom stereocenters. The number of aromatic nitrogens is 1. The van der Waals surface area contributed by atoms with Gasteiger partial charge in [0, 0.05) is 44.5 Å². The van der Waals surface area contributed by atoms with E-state index in [0.717, 1.165) is 38.4 Å². The van der Waals surface area contributed by atoms with E-state index in [1.54, 1.807) is 19.2 Å². The van der Waals surface area contributed by atoms with Crippen molar-refractivity contribution in [3.05, 3.63) is 60.2 Å². The molecular weight excluding hydrogens is 418 g/mol. The van der Waals surface area contributed by atoms with Crippen molar-refractivity contribution in [1.82, 2.24) is 15.2 Å². The number of halogens is 2. The monoisotopic (exact) mass is 442 g/mol. The maximum Gasteiger partial charge on any atom is 0.191 e. The highest BCUT2D eigenvalue weighted by Gasteiger charge is 2.44. The molecule has 0 aliphatic heterocycles. The number of nitrogens with one attached hydrogen (secondary N) is 2. The standard InChI is InChI=1S/C18H23FN4.HI/c1-20-17(21-10-13-23-11-2-3-12-23)22-14-18(8-9-18)15-4-6-16(19)7-5-15;/h2-7,11-12H,8-10,13-14H2,1H3,(H2,20,21,22);1H. The molecule has 1 heterocycles. The fourth-order valence-corrected chi connectivity index (χ4v) is 2.82. The molecule has 6 heteroatoms. The van der Waals surface area contributed by atoms with Crippen molar-refractivity contribution >= 4 is 29.9 Å². The zero-order valence-corrected chi connectivity index (χ0v) is 16.2. The van der Waals surface area contributed by atoms with Gasteiger partial charge < -0.3 is 15.2 Å². The molecule has 24 heavy (non-hydrogen) atoms. The van der Waals surface area contributed by atoms with Crippen LogP contribution in [-0.4, -0.2) is 30.7 Å². The summed E-state index contributed by atoms with van der Waals surface area (Å²) in [5, 5.41) is 6.73. The lowest BCUT2D eigenvalue weighted by atomic mass is 9.96. The molecule has 1 aromatic heterocycles. The van der Waals surface area contributed by atoms with Gasteiger partial charge in [-0.2, -0.15) is 0 Å². The van der Waals surface area contributed by atoms with Crippen molar-refractivity contribution in [1.29, 1.82) is 0 Å².